The van der Waals surface area contributed by atoms with Crippen molar-refractivity contribution in [1.29, 1.82) is 0 Å². The van der Waals surface area contributed by atoms with Crippen molar-refractivity contribution in [2.75, 3.05) is 26.0 Å². The Hall–Kier alpha value is -1.93. The molecule has 0 bridgehead atoms. The van der Waals surface area contributed by atoms with E-state index in [1.165, 1.54) is 12.1 Å². The van der Waals surface area contributed by atoms with E-state index in [2.05, 4.69) is 5.32 Å². The molecule has 1 aliphatic heterocycles. The SMILES string of the molecule is CS(=O)(=O)Cc1ccc(C(=O)OCC(=O)NC[C@@H]2CCCO2)cc1. The number of hydrogen-bond acceptors (Lipinski definition) is 6. The summed E-state index contributed by atoms with van der Waals surface area (Å²) in [5, 5.41) is 2.66. The first-order chi connectivity index (χ1) is 11.3. The van der Waals surface area contributed by atoms with Gasteiger partial charge in [-0.1, -0.05) is 12.1 Å². The van der Waals surface area contributed by atoms with Gasteiger partial charge in [0.05, 0.1) is 17.4 Å². The number of nitrogens with one attached hydrogen (secondary N) is 1. The lowest BCUT2D eigenvalue weighted by atomic mass is 10.1. The molecular weight excluding hydrogens is 334 g/mol. The minimum Gasteiger partial charge on any atom is -0.452 e. The summed E-state index contributed by atoms with van der Waals surface area (Å²) in [4.78, 5) is 23.5. The number of rotatable bonds is 7. The summed E-state index contributed by atoms with van der Waals surface area (Å²) in [5.74, 6) is -1.10. The Morgan fingerprint density at radius 1 is 1.29 bits per heavy atom. The van der Waals surface area contributed by atoms with Crippen LogP contribution in [0.3, 0.4) is 0 Å². The van der Waals surface area contributed by atoms with Crippen molar-refractivity contribution in [3.05, 3.63) is 35.4 Å². The van der Waals surface area contributed by atoms with Gasteiger partial charge in [0.1, 0.15) is 0 Å². The van der Waals surface area contributed by atoms with Crippen LogP contribution >= 0.6 is 0 Å². The molecule has 8 heteroatoms. The highest BCUT2D eigenvalue weighted by molar-refractivity contribution is 7.89. The molecule has 0 radical (unpaired) electrons. The Morgan fingerprint density at radius 2 is 2.00 bits per heavy atom. The van der Waals surface area contributed by atoms with Crippen LogP contribution in [0.25, 0.3) is 0 Å². The van der Waals surface area contributed by atoms with Gasteiger partial charge < -0.3 is 14.8 Å². The molecule has 2 rings (SSSR count). The molecule has 1 aromatic carbocycles. The highest BCUT2D eigenvalue weighted by atomic mass is 32.2. The van der Waals surface area contributed by atoms with Crippen molar-refractivity contribution >= 4 is 21.7 Å². The number of carbonyl (C=O) groups is 2. The van der Waals surface area contributed by atoms with E-state index in [-0.39, 0.29) is 29.9 Å². The van der Waals surface area contributed by atoms with Crippen LogP contribution in [0.15, 0.2) is 24.3 Å². The Morgan fingerprint density at radius 3 is 2.58 bits per heavy atom. The minimum atomic E-state index is -3.12. The van der Waals surface area contributed by atoms with E-state index in [0.717, 1.165) is 19.1 Å². The monoisotopic (exact) mass is 355 g/mol. The van der Waals surface area contributed by atoms with Crippen LogP contribution in [-0.2, 0) is 29.9 Å². The number of ether oxygens (including phenoxy) is 2. The highest BCUT2D eigenvalue weighted by Crippen LogP contribution is 2.11. The normalized spacial score (nSPS) is 17.5. The number of sulfone groups is 1. The number of benzene rings is 1. The van der Waals surface area contributed by atoms with Crippen LogP contribution in [0.5, 0.6) is 0 Å². The van der Waals surface area contributed by atoms with E-state index in [0.29, 0.717) is 18.7 Å². The summed E-state index contributed by atoms with van der Waals surface area (Å²) >= 11 is 0. The van der Waals surface area contributed by atoms with Gasteiger partial charge in [-0.25, -0.2) is 13.2 Å². The predicted octanol–water partition coefficient (Wildman–Crippen LogP) is 0.683. The molecule has 1 aromatic rings. The van der Waals surface area contributed by atoms with Gasteiger partial charge >= 0.3 is 5.97 Å². The van der Waals surface area contributed by atoms with Crippen LogP contribution in [0.1, 0.15) is 28.8 Å². The summed E-state index contributed by atoms with van der Waals surface area (Å²) in [6.07, 6.45) is 3.09. The van der Waals surface area contributed by atoms with E-state index in [4.69, 9.17) is 9.47 Å². The first-order valence-corrected chi connectivity index (χ1v) is 9.71. The molecule has 0 saturated carbocycles. The quantitative estimate of drug-likeness (QED) is 0.722. The fraction of sp³-hybridized carbons (Fsp3) is 0.500. The molecule has 1 N–H and O–H groups in total. The summed E-state index contributed by atoms with van der Waals surface area (Å²) in [6, 6.07) is 6.06. The molecule has 0 unspecified atom stereocenters. The minimum absolute atomic E-state index is 0.0343. The second-order valence-corrected chi connectivity index (χ2v) is 7.92. The Bertz CT molecular complexity index is 677. The third kappa shape index (κ3) is 6.29. The zero-order valence-corrected chi connectivity index (χ0v) is 14.3. The van der Waals surface area contributed by atoms with Gasteiger partial charge in [0.15, 0.2) is 16.4 Å². The number of carbonyl (C=O) groups excluding carboxylic acids is 2. The first-order valence-electron chi connectivity index (χ1n) is 7.65. The summed E-state index contributed by atoms with van der Waals surface area (Å²) in [7, 11) is -3.12. The second kappa shape index (κ2) is 8.25. The van der Waals surface area contributed by atoms with E-state index >= 15 is 0 Å². The van der Waals surface area contributed by atoms with E-state index in [1.54, 1.807) is 12.1 Å². The molecule has 1 amide bonds. The van der Waals surface area contributed by atoms with E-state index < -0.39 is 15.8 Å². The van der Waals surface area contributed by atoms with Crippen molar-refractivity contribution in [1.82, 2.24) is 5.32 Å². The second-order valence-electron chi connectivity index (χ2n) is 5.78. The van der Waals surface area contributed by atoms with Crippen molar-refractivity contribution in [3.63, 3.8) is 0 Å². The predicted molar refractivity (Wildman–Crippen MR) is 87.3 cm³/mol. The Balaban J connectivity index is 1.76. The average Bonchev–Trinajstić information content (AvgIpc) is 3.03. The van der Waals surface area contributed by atoms with Gasteiger partial charge in [-0.2, -0.15) is 0 Å². The van der Waals surface area contributed by atoms with Crippen LogP contribution < -0.4 is 5.32 Å². The molecule has 1 aliphatic rings. The van der Waals surface area contributed by atoms with Gasteiger partial charge in [0.25, 0.3) is 5.91 Å². The molecule has 1 saturated heterocycles. The Kier molecular flexibility index (Phi) is 6.33. The van der Waals surface area contributed by atoms with Crippen LogP contribution in [0, 0.1) is 0 Å². The Labute approximate surface area is 141 Å². The molecule has 0 aliphatic carbocycles. The van der Waals surface area contributed by atoms with Crippen molar-refractivity contribution in [2.45, 2.75) is 24.7 Å². The lowest BCUT2D eigenvalue weighted by molar-refractivity contribution is -0.124. The molecule has 0 spiro atoms. The molecule has 0 aromatic heterocycles. The number of amides is 1. The maximum absolute atomic E-state index is 11.9. The molecule has 7 nitrogen and oxygen atoms in total. The average molecular weight is 355 g/mol. The van der Waals surface area contributed by atoms with E-state index in [1.807, 2.05) is 0 Å². The smallest absolute Gasteiger partial charge is 0.338 e. The fourth-order valence-corrected chi connectivity index (χ4v) is 3.14. The van der Waals surface area contributed by atoms with Gasteiger partial charge in [-0.15, -0.1) is 0 Å². The van der Waals surface area contributed by atoms with Crippen molar-refractivity contribution in [3.8, 4) is 0 Å². The van der Waals surface area contributed by atoms with Crippen molar-refractivity contribution in [2.24, 2.45) is 0 Å². The first kappa shape index (κ1) is 18.4. The third-order valence-electron chi connectivity index (χ3n) is 3.50. The van der Waals surface area contributed by atoms with Gasteiger partial charge in [0.2, 0.25) is 0 Å². The number of hydrogen-bond donors (Lipinski definition) is 1. The molecule has 1 atom stereocenters. The van der Waals surface area contributed by atoms with E-state index in [9.17, 15) is 18.0 Å². The highest BCUT2D eigenvalue weighted by Gasteiger charge is 2.17. The summed E-state index contributed by atoms with van der Waals surface area (Å²) < 4.78 is 32.7. The maximum Gasteiger partial charge on any atom is 0.338 e. The van der Waals surface area contributed by atoms with Crippen LogP contribution in [-0.4, -0.2) is 52.4 Å². The molecule has 1 heterocycles. The topological polar surface area (TPSA) is 98.8 Å². The van der Waals surface area contributed by atoms with Crippen molar-refractivity contribution < 1.29 is 27.5 Å². The zero-order chi connectivity index (χ0) is 17.6. The lowest BCUT2D eigenvalue weighted by Gasteiger charge is -2.11. The summed E-state index contributed by atoms with van der Waals surface area (Å²) in [6.45, 7) is 0.762. The van der Waals surface area contributed by atoms with Gasteiger partial charge in [0, 0.05) is 19.4 Å². The standard InChI is InChI=1S/C16H21NO6S/c1-24(20,21)11-12-4-6-13(7-5-12)16(19)23-10-15(18)17-9-14-3-2-8-22-14/h4-7,14H,2-3,8-11H2,1H3,(H,17,18)/t14-/m0/s1. The largest absolute Gasteiger partial charge is 0.452 e. The van der Waals surface area contributed by atoms with Gasteiger partial charge in [-0.05, 0) is 30.5 Å². The van der Waals surface area contributed by atoms with Crippen LogP contribution in [0.4, 0.5) is 0 Å². The number of esters is 1. The molecule has 132 valence electrons. The molecule has 1 fully saturated rings. The fourth-order valence-electron chi connectivity index (χ4n) is 2.34. The molecule has 24 heavy (non-hydrogen) atoms. The van der Waals surface area contributed by atoms with Gasteiger partial charge in [-0.3, -0.25) is 4.79 Å². The lowest BCUT2D eigenvalue weighted by Crippen LogP contribution is -2.34. The molecular formula is C16H21NO6S. The summed E-state index contributed by atoms with van der Waals surface area (Å²) in [5.41, 5.74) is 0.850. The third-order valence-corrected chi connectivity index (χ3v) is 4.36. The maximum atomic E-state index is 11.9. The zero-order valence-electron chi connectivity index (χ0n) is 13.5. The van der Waals surface area contributed by atoms with Crippen LogP contribution in [0.2, 0.25) is 0 Å².